The third kappa shape index (κ3) is 6.16. The smallest absolute Gasteiger partial charge is 0.255 e. The first-order valence-corrected chi connectivity index (χ1v) is 17.0. The molecule has 0 radical (unpaired) electrons. The SMILES string of the molecule is CNC(=O)c1c(-c2ccc(F)cc2)oc2cc(C(CCO)S(C)(=O)=O)c(-c3cc(C(=O)NC4(c5ccccc5)CC4)ccc3F)cc12. The fourth-order valence-corrected chi connectivity index (χ4v) is 7.25. The quantitative estimate of drug-likeness (QED) is 0.162. The minimum atomic E-state index is -3.87. The molecule has 1 saturated carbocycles. The highest BCUT2D eigenvalue weighted by Crippen LogP contribution is 2.46. The number of aliphatic hydroxyl groups excluding tert-OH is 1. The largest absolute Gasteiger partial charge is 0.455 e. The molecule has 1 fully saturated rings. The first-order chi connectivity index (χ1) is 22.5. The van der Waals surface area contributed by atoms with E-state index in [1.165, 1.54) is 55.6 Å². The van der Waals surface area contributed by atoms with Crippen molar-refractivity contribution in [2.24, 2.45) is 0 Å². The summed E-state index contributed by atoms with van der Waals surface area (Å²) < 4.78 is 61.9. The van der Waals surface area contributed by atoms with Gasteiger partial charge in [-0.05, 0) is 90.6 Å². The summed E-state index contributed by atoms with van der Waals surface area (Å²) in [5.74, 6) is -2.10. The summed E-state index contributed by atoms with van der Waals surface area (Å²) in [4.78, 5) is 26.8. The van der Waals surface area contributed by atoms with Gasteiger partial charge in [0.05, 0.1) is 16.4 Å². The van der Waals surface area contributed by atoms with Crippen molar-refractivity contribution in [2.75, 3.05) is 19.9 Å². The van der Waals surface area contributed by atoms with E-state index in [0.717, 1.165) is 30.7 Å². The predicted octanol–water partition coefficient (Wildman–Crippen LogP) is 6.29. The number of hydrogen-bond donors (Lipinski definition) is 3. The van der Waals surface area contributed by atoms with E-state index in [9.17, 15) is 27.5 Å². The molecule has 242 valence electrons. The highest BCUT2D eigenvalue weighted by Gasteiger charge is 2.45. The summed E-state index contributed by atoms with van der Waals surface area (Å²) in [5, 5.41) is 14.5. The maximum absolute atomic E-state index is 15.8. The second-order valence-corrected chi connectivity index (χ2v) is 14.0. The molecular formula is C36H32F2N2O6S. The van der Waals surface area contributed by atoms with Crippen molar-refractivity contribution in [2.45, 2.75) is 30.1 Å². The number of carbonyl (C=O) groups excluding carboxylic acids is 2. The van der Waals surface area contributed by atoms with E-state index >= 15 is 4.39 Å². The van der Waals surface area contributed by atoms with Gasteiger partial charge in [0.15, 0.2) is 9.84 Å². The van der Waals surface area contributed by atoms with Crippen molar-refractivity contribution in [3.8, 4) is 22.5 Å². The second kappa shape index (κ2) is 12.4. The Morgan fingerprint density at radius 3 is 2.26 bits per heavy atom. The molecule has 1 heterocycles. The van der Waals surface area contributed by atoms with Gasteiger partial charge in [0.2, 0.25) is 0 Å². The zero-order chi connectivity index (χ0) is 33.5. The first kappa shape index (κ1) is 32.1. The number of hydrogen-bond acceptors (Lipinski definition) is 6. The number of furan rings is 1. The third-order valence-electron chi connectivity index (χ3n) is 8.62. The van der Waals surface area contributed by atoms with Crippen molar-refractivity contribution >= 4 is 32.6 Å². The summed E-state index contributed by atoms with van der Waals surface area (Å²) >= 11 is 0. The molecule has 0 bridgehead atoms. The van der Waals surface area contributed by atoms with Crippen LogP contribution in [0, 0.1) is 11.6 Å². The second-order valence-electron chi connectivity index (χ2n) is 11.8. The molecule has 1 aromatic heterocycles. The molecular weight excluding hydrogens is 626 g/mol. The van der Waals surface area contributed by atoms with Crippen LogP contribution in [0.2, 0.25) is 0 Å². The Morgan fingerprint density at radius 2 is 1.64 bits per heavy atom. The van der Waals surface area contributed by atoms with Crippen LogP contribution in [-0.4, -0.2) is 45.2 Å². The fourth-order valence-electron chi connectivity index (χ4n) is 6.06. The topological polar surface area (TPSA) is 126 Å². The zero-order valence-electron chi connectivity index (χ0n) is 25.6. The molecule has 0 spiro atoms. The molecule has 1 atom stereocenters. The fraction of sp³-hybridized carbons (Fsp3) is 0.222. The number of amides is 2. The van der Waals surface area contributed by atoms with E-state index in [1.807, 2.05) is 30.3 Å². The van der Waals surface area contributed by atoms with Crippen LogP contribution in [0.4, 0.5) is 8.78 Å². The summed E-state index contributed by atoms with van der Waals surface area (Å²) in [6, 6.07) is 21.6. The van der Waals surface area contributed by atoms with Crippen molar-refractivity contribution in [1.29, 1.82) is 0 Å². The summed E-state index contributed by atoms with van der Waals surface area (Å²) in [5.41, 5.74) is 1.32. The van der Waals surface area contributed by atoms with E-state index in [-0.39, 0.29) is 51.0 Å². The Balaban J connectivity index is 1.55. The van der Waals surface area contributed by atoms with Crippen LogP contribution in [0.25, 0.3) is 33.4 Å². The van der Waals surface area contributed by atoms with Crippen LogP contribution in [0.3, 0.4) is 0 Å². The lowest BCUT2D eigenvalue weighted by Crippen LogP contribution is -2.34. The lowest BCUT2D eigenvalue weighted by atomic mass is 9.92. The highest BCUT2D eigenvalue weighted by atomic mass is 32.2. The standard InChI is InChI=1S/C36H32F2N2O6S/c1-39-35(43)32-28-19-25(26-18-22(10-13-29(26)38)34(42)40-36(15-16-36)23-6-4-3-5-7-23)27(31(14-17-41)47(2,44)45)20-30(28)46-33(32)21-8-11-24(37)12-9-21/h3-13,18-20,31,41H,14-17H2,1-2H3,(H,39,43)(H,40,42). The third-order valence-corrected chi connectivity index (χ3v) is 10.1. The average molecular weight is 659 g/mol. The number of halogens is 2. The molecule has 1 aliphatic carbocycles. The van der Waals surface area contributed by atoms with Crippen LogP contribution >= 0.6 is 0 Å². The Morgan fingerprint density at radius 1 is 0.936 bits per heavy atom. The molecule has 6 rings (SSSR count). The summed E-state index contributed by atoms with van der Waals surface area (Å²) in [7, 11) is -2.44. The Hall–Kier alpha value is -4.87. The van der Waals surface area contributed by atoms with E-state index in [2.05, 4.69) is 10.6 Å². The molecule has 1 aliphatic rings. The molecule has 4 aromatic carbocycles. The van der Waals surface area contributed by atoms with Gasteiger partial charge in [0, 0.05) is 42.0 Å². The molecule has 0 aliphatic heterocycles. The van der Waals surface area contributed by atoms with Gasteiger partial charge in [-0.3, -0.25) is 9.59 Å². The molecule has 5 aromatic rings. The van der Waals surface area contributed by atoms with E-state index in [0.29, 0.717) is 5.56 Å². The highest BCUT2D eigenvalue weighted by molar-refractivity contribution is 7.90. The number of aliphatic hydroxyl groups is 1. The van der Waals surface area contributed by atoms with Gasteiger partial charge in [-0.2, -0.15) is 0 Å². The van der Waals surface area contributed by atoms with Gasteiger partial charge < -0.3 is 20.2 Å². The zero-order valence-corrected chi connectivity index (χ0v) is 26.5. The van der Waals surface area contributed by atoms with Crippen LogP contribution in [0.1, 0.15) is 56.4 Å². The van der Waals surface area contributed by atoms with Gasteiger partial charge in [0.25, 0.3) is 11.8 Å². The Bertz CT molecular complexity index is 2110. The lowest BCUT2D eigenvalue weighted by Gasteiger charge is -2.21. The van der Waals surface area contributed by atoms with E-state index in [1.54, 1.807) is 0 Å². The predicted molar refractivity (Wildman–Crippen MR) is 174 cm³/mol. The maximum atomic E-state index is 15.8. The Kier molecular flexibility index (Phi) is 8.46. The summed E-state index contributed by atoms with van der Waals surface area (Å²) in [6.07, 6.45) is 2.30. The van der Waals surface area contributed by atoms with E-state index in [4.69, 9.17) is 4.42 Å². The van der Waals surface area contributed by atoms with Crippen molar-refractivity contribution in [3.63, 3.8) is 0 Å². The lowest BCUT2D eigenvalue weighted by molar-refractivity contribution is 0.0929. The molecule has 1 unspecified atom stereocenters. The first-order valence-electron chi connectivity index (χ1n) is 15.0. The molecule has 3 N–H and O–H groups in total. The number of carbonyl (C=O) groups is 2. The van der Waals surface area contributed by atoms with Gasteiger partial charge in [0.1, 0.15) is 23.0 Å². The average Bonchev–Trinajstić information content (AvgIpc) is 3.75. The van der Waals surface area contributed by atoms with Crippen molar-refractivity contribution in [1.82, 2.24) is 10.6 Å². The van der Waals surface area contributed by atoms with Crippen LogP contribution in [0.5, 0.6) is 0 Å². The Labute approximate surface area is 270 Å². The van der Waals surface area contributed by atoms with Crippen molar-refractivity contribution < 1.29 is 36.3 Å². The normalized spacial score (nSPS) is 14.5. The van der Waals surface area contributed by atoms with Crippen LogP contribution < -0.4 is 10.6 Å². The molecule has 47 heavy (non-hydrogen) atoms. The van der Waals surface area contributed by atoms with Gasteiger partial charge in [-0.1, -0.05) is 30.3 Å². The minimum Gasteiger partial charge on any atom is -0.455 e. The number of benzene rings is 4. The number of sulfone groups is 1. The van der Waals surface area contributed by atoms with Gasteiger partial charge in [-0.25, -0.2) is 17.2 Å². The monoisotopic (exact) mass is 658 g/mol. The van der Waals surface area contributed by atoms with Crippen LogP contribution in [-0.2, 0) is 15.4 Å². The number of nitrogens with one attached hydrogen (secondary N) is 2. The van der Waals surface area contributed by atoms with E-state index < -0.39 is 50.7 Å². The molecule has 2 amide bonds. The maximum Gasteiger partial charge on any atom is 0.255 e. The molecule has 8 nitrogen and oxygen atoms in total. The summed E-state index contributed by atoms with van der Waals surface area (Å²) in [6.45, 7) is -0.482. The van der Waals surface area contributed by atoms with Gasteiger partial charge in [-0.15, -0.1) is 0 Å². The van der Waals surface area contributed by atoms with Crippen molar-refractivity contribution in [3.05, 3.63) is 119 Å². The minimum absolute atomic E-state index is 0.0712. The molecule has 0 saturated heterocycles. The molecule has 11 heteroatoms. The number of fused-ring (bicyclic) bond motifs is 1. The number of rotatable bonds is 10. The van der Waals surface area contributed by atoms with Crippen LogP contribution in [0.15, 0.2) is 89.3 Å². The van der Waals surface area contributed by atoms with Gasteiger partial charge >= 0.3 is 0 Å².